The standard InChI is InChI=1S/C10H19N5O/c1-7-12-8(6-9(13-7)15-11)14-10(2,3)4-5-16/h6,16H,4-5,11H2,1-3H3,(H2,12,13,14,15). The van der Waals surface area contributed by atoms with E-state index in [-0.39, 0.29) is 12.1 Å². The van der Waals surface area contributed by atoms with Gasteiger partial charge in [-0.05, 0) is 27.2 Å². The van der Waals surface area contributed by atoms with Gasteiger partial charge in [0.25, 0.3) is 0 Å². The van der Waals surface area contributed by atoms with Gasteiger partial charge in [-0.15, -0.1) is 0 Å². The number of hydrazine groups is 1. The van der Waals surface area contributed by atoms with Gasteiger partial charge in [0.2, 0.25) is 0 Å². The van der Waals surface area contributed by atoms with Gasteiger partial charge in [0, 0.05) is 18.2 Å². The molecule has 0 saturated carbocycles. The zero-order chi connectivity index (χ0) is 12.2. The molecule has 5 N–H and O–H groups in total. The first-order valence-electron chi connectivity index (χ1n) is 5.18. The highest BCUT2D eigenvalue weighted by Crippen LogP contribution is 2.18. The van der Waals surface area contributed by atoms with Crippen molar-refractivity contribution >= 4 is 11.6 Å². The second kappa shape index (κ2) is 5.09. The molecule has 1 heterocycles. The van der Waals surface area contributed by atoms with E-state index in [9.17, 15) is 0 Å². The van der Waals surface area contributed by atoms with Crippen molar-refractivity contribution in [3.05, 3.63) is 11.9 Å². The van der Waals surface area contributed by atoms with Crippen LogP contribution in [0.3, 0.4) is 0 Å². The number of aromatic nitrogens is 2. The molecule has 0 amide bonds. The zero-order valence-corrected chi connectivity index (χ0v) is 9.91. The van der Waals surface area contributed by atoms with Gasteiger partial charge in [0.05, 0.1) is 0 Å². The molecule has 0 aliphatic heterocycles. The van der Waals surface area contributed by atoms with E-state index in [0.29, 0.717) is 23.9 Å². The number of nitrogen functional groups attached to an aromatic ring is 1. The molecule has 6 heteroatoms. The maximum atomic E-state index is 8.93. The molecule has 1 rings (SSSR count). The number of rotatable bonds is 5. The van der Waals surface area contributed by atoms with Crippen molar-refractivity contribution in [3.63, 3.8) is 0 Å². The molecule has 1 aromatic rings. The van der Waals surface area contributed by atoms with Crippen LogP contribution in [0.25, 0.3) is 0 Å². The zero-order valence-electron chi connectivity index (χ0n) is 9.91. The summed E-state index contributed by atoms with van der Waals surface area (Å²) in [6.07, 6.45) is 0.640. The van der Waals surface area contributed by atoms with Gasteiger partial charge >= 0.3 is 0 Å². The second-order valence-electron chi connectivity index (χ2n) is 4.31. The summed E-state index contributed by atoms with van der Waals surface area (Å²) >= 11 is 0. The van der Waals surface area contributed by atoms with Crippen LogP contribution in [0.2, 0.25) is 0 Å². The first-order valence-corrected chi connectivity index (χ1v) is 5.18. The number of nitrogens with one attached hydrogen (secondary N) is 2. The van der Waals surface area contributed by atoms with Gasteiger partial charge in [-0.25, -0.2) is 15.8 Å². The number of aliphatic hydroxyl groups is 1. The average molecular weight is 225 g/mol. The molecule has 0 aromatic carbocycles. The topological polar surface area (TPSA) is 96.1 Å². The van der Waals surface area contributed by atoms with Crippen LogP contribution in [0.1, 0.15) is 26.1 Å². The number of aryl methyl sites for hydroxylation is 1. The first kappa shape index (κ1) is 12.7. The molecule has 0 spiro atoms. The Labute approximate surface area is 95.3 Å². The van der Waals surface area contributed by atoms with Gasteiger partial charge < -0.3 is 15.8 Å². The summed E-state index contributed by atoms with van der Waals surface area (Å²) in [5.74, 6) is 7.20. The summed E-state index contributed by atoms with van der Waals surface area (Å²) in [5, 5.41) is 12.2. The number of hydrogen-bond donors (Lipinski definition) is 4. The lowest BCUT2D eigenvalue weighted by Gasteiger charge is -2.26. The Morgan fingerprint density at radius 3 is 2.56 bits per heavy atom. The second-order valence-corrected chi connectivity index (χ2v) is 4.31. The maximum absolute atomic E-state index is 8.93. The Hall–Kier alpha value is -1.40. The van der Waals surface area contributed by atoms with Crippen LogP contribution in [0, 0.1) is 6.92 Å². The van der Waals surface area contributed by atoms with Crippen LogP contribution >= 0.6 is 0 Å². The van der Waals surface area contributed by atoms with Crippen molar-refractivity contribution < 1.29 is 5.11 Å². The fraction of sp³-hybridized carbons (Fsp3) is 0.600. The predicted molar refractivity (Wildman–Crippen MR) is 64.0 cm³/mol. The third-order valence-corrected chi connectivity index (χ3v) is 2.19. The van der Waals surface area contributed by atoms with E-state index in [0.717, 1.165) is 0 Å². The third-order valence-electron chi connectivity index (χ3n) is 2.19. The summed E-state index contributed by atoms with van der Waals surface area (Å²) in [4.78, 5) is 8.34. The minimum absolute atomic E-state index is 0.131. The van der Waals surface area contributed by atoms with Crippen molar-refractivity contribution in [1.29, 1.82) is 0 Å². The molecule has 0 aliphatic carbocycles. The number of anilines is 2. The third kappa shape index (κ3) is 3.63. The predicted octanol–water partition coefficient (Wildman–Crippen LogP) is 0.644. The molecule has 0 saturated heterocycles. The van der Waals surface area contributed by atoms with Gasteiger partial charge in [0.1, 0.15) is 17.5 Å². The average Bonchev–Trinajstić information content (AvgIpc) is 2.15. The van der Waals surface area contributed by atoms with Gasteiger partial charge in [-0.2, -0.15) is 0 Å². The molecule has 0 unspecified atom stereocenters. The molecule has 0 radical (unpaired) electrons. The van der Waals surface area contributed by atoms with Crippen molar-refractivity contribution in [2.75, 3.05) is 17.3 Å². The molecule has 1 aromatic heterocycles. The number of nitrogens with two attached hydrogens (primary N) is 1. The van der Waals surface area contributed by atoms with E-state index >= 15 is 0 Å². The van der Waals surface area contributed by atoms with Crippen LogP contribution in [0.15, 0.2) is 6.07 Å². The Morgan fingerprint density at radius 1 is 1.38 bits per heavy atom. The molecular weight excluding hydrogens is 206 g/mol. The van der Waals surface area contributed by atoms with Crippen molar-refractivity contribution in [1.82, 2.24) is 9.97 Å². The van der Waals surface area contributed by atoms with E-state index < -0.39 is 0 Å². The van der Waals surface area contributed by atoms with Crippen LogP contribution in [-0.2, 0) is 0 Å². The Bertz CT molecular complexity index is 353. The summed E-state index contributed by atoms with van der Waals surface area (Å²) in [7, 11) is 0. The SMILES string of the molecule is Cc1nc(NN)cc(NC(C)(C)CCO)n1. The summed E-state index contributed by atoms with van der Waals surface area (Å²) in [6, 6.07) is 1.73. The van der Waals surface area contributed by atoms with Gasteiger partial charge in [0.15, 0.2) is 0 Å². The smallest absolute Gasteiger partial charge is 0.145 e. The lowest BCUT2D eigenvalue weighted by atomic mass is 10.0. The van der Waals surface area contributed by atoms with E-state index in [1.54, 1.807) is 13.0 Å². The first-order chi connectivity index (χ1) is 7.46. The van der Waals surface area contributed by atoms with Crippen LogP contribution < -0.4 is 16.6 Å². The lowest BCUT2D eigenvalue weighted by molar-refractivity contribution is 0.260. The monoisotopic (exact) mass is 225 g/mol. The summed E-state index contributed by atoms with van der Waals surface area (Å²) in [5.41, 5.74) is 2.26. The highest BCUT2D eigenvalue weighted by molar-refractivity contribution is 5.48. The van der Waals surface area contributed by atoms with E-state index in [1.165, 1.54) is 0 Å². The highest BCUT2D eigenvalue weighted by Gasteiger charge is 2.17. The molecule has 0 aliphatic rings. The van der Waals surface area contributed by atoms with E-state index in [1.807, 2.05) is 13.8 Å². The molecule has 6 nitrogen and oxygen atoms in total. The minimum atomic E-state index is -0.221. The normalized spacial score (nSPS) is 11.3. The van der Waals surface area contributed by atoms with Crippen LogP contribution in [0.4, 0.5) is 11.6 Å². The lowest BCUT2D eigenvalue weighted by Crippen LogP contribution is -2.32. The van der Waals surface area contributed by atoms with Gasteiger partial charge in [-0.1, -0.05) is 0 Å². The highest BCUT2D eigenvalue weighted by atomic mass is 16.3. The summed E-state index contributed by atoms with van der Waals surface area (Å²) in [6.45, 7) is 5.92. The summed E-state index contributed by atoms with van der Waals surface area (Å²) < 4.78 is 0. The number of aliphatic hydroxyl groups excluding tert-OH is 1. The molecule has 0 bridgehead atoms. The molecular formula is C10H19N5O. The van der Waals surface area contributed by atoms with E-state index in [2.05, 4.69) is 20.7 Å². The molecule has 0 fully saturated rings. The minimum Gasteiger partial charge on any atom is -0.396 e. The number of nitrogens with zero attached hydrogens (tertiary/aromatic N) is 2. The fourth-order valence-corrected chi connectivity index (χ4v) is 1.39. The van der Waals surface area contributed by atoms with Gasteiger partial charge in [-0.3, -0.25) is 0 Å². The Morgan fingerprint density at radius 2 is 2.00 bits per heavy atom. The van der Waals surface area contributed by atoms with Crippen LogP contribution in [-0.4, -0.2) is 27.2 Å². The Balaban J connectivity index is 2.84. The van der Waals surface area contributed by atoms with Crippen molar-refractivity contribution in [2.24, 2.45) is 5.84 Å². The fourth-order valence-electron chi connectivity index (χ4n) is 1.39. The van der Waals surface area contributed by atoms with Crippen LogP contribution in [0.5, 0.6) is 0 Å². The molecule has 16 heavy (non-hydrogen) atoms. The number of hydrogen-bond acceptors (Lipinski definition) is 6. The molecule has 90 valence electrons. The Kier molecular flexibility index (Phi) is 4.03. The quantitative estimate of drug-likeness (QED) is 0.434. The molecule has 0 atom stereocenters. The van der Waals surface area contributed by atoms with E-state index in [4.69, 9.17) is 10.9 Å². The largest absolute Gasteiger partial charge is 0.396 e. The maximum Gasteiger partial charge on any atom is 0.145 e. The van der Waals surface area contributed by atoms with Crippen molar-refractivity contribution in [2.45, 2.75) is 32.7 Å². The van der Waals surface area contributed by atoms with Crippen molar-refractivity contribution in [3.8, 4) is 0 Å².